The molecule has 0 saturated heterocycles. The molecule has 1 aliphatic rings. The molecule has 0 radical (unpaired) electrons. The molecule has 1 fully saturated rings. The van der Waals surface area contributed by atoms with Gasteiger partial charge in [0.15, 0.2) is 0 Å². The number of aryl methyl sites for hydroxylation is 1. The number of aromatic nitrogens is 4. The van der Waals surface area contributed by atoms with Gasteiger partial charge in [-0.05, 0) is 29.2 Å². The molecule has 1 aromatic heterocycles. The third-order valence-electron chi connectivity index (χ3n) is 2.10. The summed E-state index contributed by atoms with van der Waals surface area (Å²) in [5.74, 6) is 0.708. The molecule has 0 aliphatic heterocycles. The molecule has 5 heteroatoms. The van der Waals surface area contributed by atoms with Crippen LogP contribution in [-0.4, -0.2) is 26.2 Å². The summed E-state index contributed by atoms with van der Waals surface area (Å²) in [6, 6.07) is 0.437. The van der Waals surface area contributed by atoms with Gasteiger partial charge in [0.1, 0.15) is 6.33 Å². The quantitative estimate of drug-likeness (QED) is 0.630. The zero-order valence-electron chi connectivity index (χ0n) is 6.22. The average Bonchev–Trinajstić information content (AvgIpc) is 2.55. The number of hydrogen-bond donors (Lipinski definition) is 1. The van der Waals surface area contributed by atoms with Crippen molar-refractivity contribution in [2.24, 2.45) is 11.7 Å². The van der Waals surface area contributed by atoms with Crippen molar-refractivity contribution in [3.8, 4) is 0 Å². The molecule has 0 bridgehead atoms. The molecule has 1 aliphatic carbocycles. The van der Waals surface area contributed by atoms with E-state index in [9.17, 15) is 0 Å². The maximum Gasteiger partial charge on any atom is 0.138 e. The summed E-state index contributed by atoms with van der Waals surface area (Å²) in [5.41, 5.74) is 5.65. The molecule has 2 atom stereocenters. The van der Waals surface area contributed by atoms with Crippen LogP contribution in [-0.2, 0) is 6.54 Å². The minimum Gasteiger partial charge on any atom is -0.327 e. The summed E-state index contributed by atoms with van der Waals surface area (Å²) in [6.07, 6.45) is 3.90. The van der Waals surface area contributed by atoms with Gasteiger partial charge in [0, 0.05) is 12.6 Å². The molecule has 0 unspecified atom stereocenters. The van der Waals surface area contributed by atoms with Crippen LogP contribution in [0.5, 0.6) is 0 Å². The highest BCUT2D eigenvalue weighted by atomic mass is 15.5. The number of rotatable bonds is 3. The van der Waals surface area contributed by atoms with Crippen molar-refractivity contribution in [3.05, 3.63) is 6.33 Å². The third kappa shape index (κ3) is 1.54. The summed E-state index contributed by atoms with van der Waals surface area (Å²) in [5, 5.41) is 10.8. The highest BCUT2D eigenvalue weighted by molar-refractivity contribution is 4.89. The topological polar surface area (TPSA) is 69.6 Å². The Morgan fingerprint density at radius 3 is 3.00 bits per heavy atom. The van der Waals surface area contributed by atoms with E-state index in [1.54, 1.807) is 11.0 Å². The maximum absolute atomic E-state index is 5.65. The first-order valence-corrected chi connectivity index (χ1v) is 3.82. The standard InChI is InChI=1S/C6H11N5/c7-6-3-5(6)1-2-11-4-8-9-10-11/h4-6H,1-3,7H2/t5-,6-/m1/s1. The van der Waals surface area contributed by atoms with Gasteiger partial charge in [-0.15, -0.1) is 5.10 Å². The molecule has 1 saturated carbocycles. The molecular formula is C6H11N5. The lowest BCUT2D eigenvalue weighted by molar-refractivity contribution is 0.525. The fourth-order valence-corrected chi connectivity index (χ4v) is 1.18. The Balaban J connectivity index is 1.75. The summed E-state index contributed by atoms with van der Waals surface area (Å²) in [6.45, 7) is 0.894. The van der Waals surface area contributed by atoms with Crippen molar-refractivity contribution >= 4 is 0 Å². The Hall–Kier alpha value is -0.970. The Labute approximate surface area is 64.6 Å². The second-order valence-electron chi connectivity index (χ2n) is 3.02. The second kappa shape index (κ2) is 2.58. The van der Waals surface area contributed by atoms with Gasteiger partial charge in [-0.3, -0.25) is 0 Å². The molecule has 0 aromatic carbocycles. The summed E-state index contributed by atoms with van der Waals surface area (Å²) < 4.78 is 1.74. The van der Waals surface area contributed by atoms with E-state index in [4.69, 9.17) is 5.73 Å². The predicted octanol–water partition coefficient (Wildman–Crippen LogP) is -0.590. The summed E-state index contributed by atoms with van der Waals surface area (Å²) in [4.78, 5) is 0. The molecule has 5 nitrogen and oxygen atoms in total. The molecule has 0 amide bonds. The van der Waals surface area contributed by atoms with Gasteiger partial charge in [-0.2, -0.15) is 0 Å². The SMILES string of the molecule is N[C@@H]1C[C@H]1CCn1cnnn1. The van der Waals surface area contributed by atoms with Crippen LogP contribution in [0.2, 0.25) is 0 Å². The summed E-state index contributed by atoms with van der Waals surface area (Å²) in [7, 11) is 0. The van der Waals surface area contributed by atoms with E-state index in [1.807, 2.05) is 0 Å². The monoisotopic (exact) mass is 153 g/mol. The van der Waals surface area contributed by atoms with Crippen molar-refractivity contribution in [1.82, 2.24) is 20.2 Å². The van der Waals surface area contributed by atoms with Crippen molar-refractivity contribution in [2.75, 3.05) is 0 Å². The van der Waals surface area contributed by atoms with Crippen LogP contribution in [0.25, 0.3) is 0 Å². The highest BCUT2D eigenvalue weighted by Gasteiger charge is 2.32. The van der Waals surface area contributed by atoms with E-state index in [2.05, 4.69) is 15.5 Å². The molecule has 1 heterocycles. The maximum atomic E-state index is 5.65. The van der Waals surface area contributed by atoms with Crippen LogP contribution in [0.3, 0.4) is 0 Å². The fourth-order valence-electron chi connectivity index (χ4n) is 1.18. The first kappa shape index (κ1) is 6.72. The molecule has 2 N–H and O–H groups in total. The Bertz CT molecular complexity index is 219. The number of tetrazole rings is 1. The number of nitrogens with zero attached hydrogens (tertiary/aromatic N) is 4. The van der Waals surface area contributed by atoms with Gasteiger partial charge in [-0.1, -0.05) is 0 Å². The lowest BCUT2D eigenvalue weighted by Crippen LogP contribution is -2.05. The van der Waals surface area contributed by atoms with Crippen LogP contribution < -0.4 is 5.73 Å². The van der Waals surface area contributed by atoms with E-state index in [-0.39, 0.29) is 0 Å². The largest absolute Gasteiger partial charge is 0.327 e. The number of hydrogen-bond acceptors (Lipinski definition) is 4. The minimum absolute atomic E-state index is 0.437. The molecule has 60 valence electrons. The van der Waals surface area contributed by atoms with Gasteiger partial charge in [-0.25, -0.2) is 4.68 Å². The Kier molecular flexibility index (Phi) is 1.58. The zero-order chi connectivity index (χ0) is 7.68. The zero-order valence-corrected chi connectivity index (χ0v) is 6.22. The second-order valence-corrected chi connectivity index (χ2v) is 3.02. The van der Waals surface area contributed by atoms with Crippen LogP contribution >= 0.6 is 0 Å². The van der Waals surface area contributed by atoms with Crippen molar-refractivity contribution in [2.45, 2.75) is 25.4 Å². The van der Waals surface area contributed by atoms with Gasteiger partial charge in [0.2, 0.25) is 0 Å². The van der Waals surface area contributed by atoms with Crippen molar-refractivity contribution in [3.63, 3.8) is 0 Å². The van der Waals surface area contributed by atoms with E-state index in [1.165, 1.54) is 6.42 Å². The number of nitrogens with two attached hydrogens (primary N) is 1. The summed E-state index contributed by atoms with van der Waals surface area (Å²) >= 11 is 0. The smallest absolute Gasteiger partial charge is 0.138 e. The average molecular weight is 153 g/mol. The Morgan fingerprint density at radius 2 is 2.45 bits per heavy atom. The van der Waals surface area contributed by atoms with E-state index in [0.29, 0.717) is 12.0 Å². The van der Waals surface area contributed by atoms with E-state index in [0.717, 1.165) is 13.0 Å². The molecule has 0 spiro atoms. The lowest BCUT2D eigenvalue weighted by atomic mass is 10.3. The highest BCUT2D eigenvalue weighted by Crippen LogP contribution is 2.31. The van der Waals surface area contributed by atoms with Crippen LogP contribution in [0.4, 0.5) is 0 Å². The minimum atomic E-state index is 0.437. The lowest BCUT2D eigenvalue weighted by Gasteiger charge is -1.95. The first-order chi connectivity index (χ1) is 5.36. The Morgan fingerprint density at radius 1 is 1.64 bits per heavy atom. The first-order valence-electron chi connectivity index (χ1n) is 3.82. The van der Waals surface area contributed by atoms with Gasteiger partial charge in [0.05, 0.1) is 0 Å². The van der Waals surface area contributed by atoms with Gasteiger partial charge < -0.3 is 5.73 Å². The fraction of sp³-hybridized carbons (Fsp3) is 0.833. The molecule has 2 rings (SSSR count). The molecule has 11 heavy (non-hydrogen) atoms. The van der Waals surface area contributed by atoms with Crippen molar-refractivity contribution < 1.29 is 0 Å². The molecular weight excluding hydrogens is 142 g/mol. The van der Waals surface area contributed by atoms with E-state index >= 15 is 0 Å². The molecule has 1 aromatic rings. The normalized spacial score (nSPS) is 28.8. The van der Waals surface area contributed by atoms with Gasteiger partial charge >= 0.3 is 0 Å². The van der Waals surface area contributed by atoms with Crippen molar-refractivity contribution in [1.29, 1.82) is 0 Å². The van der Waals surface area contributed by atoms with Crippen LogP contribution in [0.15, 0.2) is 6.33 Å². The van der Waals surface area contributed by atoms with Gasteiger partial charge in [0.25, 0.3) is 0 Å². The van der Waals surface area contributed by atoms with E-state index < -0.39 is 0 Å². The third-order valence-corrected chi connectivity index (χ3v) is 2.10. The predicted molar refractivity (Wildman–Crippen MR) is 38.5 cm³/mol. The van der Waals surface area contributed by atoms with Crippen LogP contribution in [0.1, 0.15) is 12.8 Å². The van der Waals surface area contributed by atoms with Crippen LogP contribution in [0, 0.1) is 5.92 Å².